The number of sulfonamides is 1. The maximum Gasteiger partial charge on any atom is 0.264 e. The van der Waals surface area contributed by atoms with E-state index in [-0.39, 0.29) is 29.5 Å². The van der Waals surface area contributed by atoms with Gasteiger partial charge in [0.1, 0.15) is 24.1 Å². The number of carbonyl (C=O) groups excluding carboxylic acids is 2. The third-order valence-corrected chi connectivity index (χ3v) is 10.7. The molecule has 1 unspecified atom stereocenters. The number of nitrogens with zero attached hydrogens (tertiary/aromatic N) is 2. The lowest BCUT2D eigenvalue weighted by molar-refractivity contribution is -0.140. The molecular weight excluding hydrogens is 705 g/mol. The molecule has 0 aliphatic heterocycles. The van der Waals surface area contributed by atoms with E-state index in [9.17, 15) is 18.0 Å². The van der Waals surface area contributed by atoms with Crippen molar-refractivity contribution in [3.63, 3.8) is 0 Å². The number of hydrogen-bond acceptors (Lipinski definition) is 5. The van der Waals surface area contributed by atoms with E-state index in [4.69, 9.17) is 27.9 Å². The van der Waals surface area contributed by atoms with E-state index in [0.29, 0.717) is 40.1 Å². The third-order valence-electron chi connectivity index (χ3n) is 8.20. The molecular formula is C40H39Cl2N3O5S. The van der Waals surface area contributed by atoms with Gasteiger partial charge in [0.15, 0.2) is 0 Å². The molecule has 5 aromatic carbocycles. The van der Waals surface area contributed by atoms with Gasteiger partial charge in [-0.05, 0) is 79.6 Å². The molecule has 1 atom stereocenters. The minimum atomic E-state index is -4.29. The molecule has 0 saturated carbocycles. The van der Waals surface area contributed by atoms with E-state index >= 15 is 0 Å². The van der Waals surface area contributed by atoms with Crippen molar-refractivity contribution in [3.8, 4) is 11.5 Å². The number of ether oxygens (including phenoxy) is 1. The van der Waals surface area contributed by atoms with Gasteiger partial charge >= 0.3 is 0 Å². The minimum absolute atomic E-state index is 0.00716. The van der Waals surface area contributed by atoms with Crippen LogP contribution in [0.15, 0.2) is 132 Å². The Balaban J connectivity index is 1.58. The van der Waals surface area contributed by atoms with Gasteiger partial charge in [-0.2, -0.15) is 0 Å². The van der Waals surface area contributed by atoms with Crippen molar-refractivity contribution in [2.45, 2.75) is 44.2 Å². The fraction of sp³-hybridized carbons (Fsp3) is 0.200. The molecule has 11 heteroatoms. The molecule has 0 aliphatic carbocycles. The number of rotatable bonds is 15. The summed E-state index contributed by atoms with van der Waals surface area (Å²) < 4.78 is 35.8. The molecule has 5 rings (SSSR count). The first-order valence-corrected chi connectivity index (χ1v) is 18.7. The molecule has 0 aromatic heterocycles. The lowest BCUT2D eigenvalue weighted by atomic mass is 10.0. The van der Waals surface area contributed by atoms with Crippen molar-refractivity contribution in [2.75, 3.05) is 17.4 Å². The zero-order chi connectivity index (χ0) is 36.4. The standard InChI is InChI=1S/C40H39Cl2N3O5S/c1-3-25-43-40(47)38(26-30-11-6-4-7-12-30)44(27-35-36(41)15-10-16-37(35)42)39(46)28-45(51(48,49)34-23-17-29(2)18-24-34)31-19-21-33(22-20-31)50-32-13-8-5-9-14-32/h4-24,38H,3,25-28H2,1-2H3,(H,43,47). The van der Waals surface area contributed by atoms with Crippen LogP contribution in [0.4, 0.5) is 5.69 Å². The van der Waals surface area contributed by atoms with E-state index in [0.717, 1.165) is 15.4 Å². The summed E-state index contributed by atoms with van der Waals surface area (Å²) in [5.41, 5.74) is 2.36. The van der Waals surface area contributed by atoms with Gasteiger partial charge in [-0.1, -0.05) is 102 Å². The Morgan fingerprint density at radius 3 is 1.96 bits per heavy atom. The highest BCUT2D eigenvalue weighted by atomic mass is 35.5. The van der Waals surface area contributed by atoms with Crippen LogP contribution in [0.3, 0.4) is 0 Å². The van der Waals surface area contributed by atoms with E-state index < -0.39 is 28.5 Å². The summed E-state index contributed by atoms with van der Waals surface area (Å²) in [4.78, 5) is 30.0. The Bertz CT molecular complexity index is 2010. The number of halogens is 2. The maximum absolute atomic E-state index is 14.7. The highest BCUT2D eigenvalue weighted by Crippen LogP contribution is 2.31. The fourth-order valence-corrected chi connectivity index (χ4v) is 7.38. The second-order valence-electron chi connectivity index (χ2n) is 12.0. The summed E-state index contributed by atoms with van der Waals surface area (Å²) >= 11 is 13.2. The molecule has 51 heavy (non-hydrogen) atoms. The fourth-order valence-electron chi connectivity index (χ4n) is 5.44. The molecule has 0 spiro atoms. The number of aryl methyl sites for hydroxylation is 1. The Hall–Kier alpha value is -4.83. The van der Waals surface area contributed by atoms with Crippen molar-refractivity contribution >= 4 is 50.7 Å². The lowest BCUT2D eigenvalue weighted by Crippen LogP contribution is -2.53. The number of anilines is 1. The molecule has 0 heterocycles. The zero-order valence-electron chi connectivity index (χ0n) is 28.3. The molecule has 8 nitrogen and oxygen atoms in total. The van der Waals surface area contributed by atoms with Gasteiger partial charge < -0.3 is 15.0 Å². The van der Waals surface area contributed by atoms with Gasteiger partial charge in [-0.25, -0.2) is 8.42 Å². The van der Waals surface area contributed by atoms with Crippen molar-refractivity contribution in [1.29, 1.82) is 0 Å². The summed E-state index contributed by atoms with van der Waals surface area (Å²) in [6, 6.07) is 35.4. The van der Waals surface area contributed by atoms with E-state index in [1.54, 1.807) is 54.6 Å². The van der Waals surface area contributed by atoms with Gasteiger partial charge in [0.2, 0.25) is 11.8 Å². The number of carbonyl (C=O) groups is 2. The number of hydrogen-bond donors (Lipinski definition) is 1. The van der Waals surface area contributed by atoms with Crippen LogP contribution in [-0.4, -0.2) is 44.3 Å². The van der Waals surface area contributed by atoms with Gasteiger partial charge in [-0.15, -0.1) is 0 Å². The Morgan fingerprint density at radius 2 is 1.35 bits per heavy atom. The first-order chi connectivity index (χ1) is 24.6. The van der Waals surface area contributed by atoms with Crippen LogP contribution in [0.5, 0.6) is 11.5 Å². The van der Waals surface area contributed by atoms with Crippen LogP contribution in [-0.2, 0) is 32.6 Å². The Labute approximate surface area is 309 Å². The smallest absolute Gasteiger partial charge is 0.264 e. The normalized spacial score (nSPS) is 11.8. The quantitative estimate of drug-likeness (QED) is 0.116. The van der Waals surface area contributed by atoms with Crippen molar-refractivity contribution < 1.29 is 22.7 Å². The second-order valence-corrected chi connectivity index (χ2v) is 14.6. The lowest BCUT2D eigenvalue weighted by Gasteiger charge is -2.34. The van der Waals surface area contributed by atoms with Crippen LogP contribution in [0.25, 0.3) is 0 Å². The predicted molar refractivity (Wildman–Crippen MR) is 203 cm³/mol. The highest BCUT2D eigenvalue weighted by Gasteiger charge is 2.35. The molecule has 0 fully saturated rings. The maximum atomic E-state index is 14.7. The van der Waals surface area contributed by atoms with Gasteiger partial charge in [0.25, 0.3) is 10.0 Å². The number of para-hydroxylation sites is 1. The Morgan fingerprint density at radius 1 is 0.765 bits per heavy atom. The molecule has 5 aromatic rings. The molecule has 0 aliphatic rings. The second kappa shape index (κ2) is 17.4. The molecule has 264 valence electrons. The third kappa shape index (κ3) is 9.70. The molecule has 0 bridgehead atoms. The number of amides is 2. The Kier molecular flexibility index (Phi) is 12.8. The monoisotopic (exact) mass is 743 g/mol. The average molecular weight is 745 g/mol. The average Bonchev–Trinajstić information content (AvgIpc) is 3.13. The first-order valence-electron chi connectivity index (χ1n) is 16.5. The van der Waals surface area contributed by atoms with E-state index in [1.165, 1.54) is 17.0 Å². The summed E-state index contributed by atoms with van der Waals surface area (Å²) in [7, 11) is -4.29. The van der Waals surface area contributed by atoms with Crippen LogP contribution in [0, 0.1) is 6.92 Å². The van der Waals surface area contributed by atoms with Gasteiger partial charge in [0, 0.05) is 35.1 Å². The molecule has 1 N–H and O–H groups in total. The van der Waals surface area contributed by atoms with E-state index in [1.807, 2.05) is 74.5 Å². The highest BCUT2D eigenvalue weighted by molar-refractivity contribution is 7.92. The zero-order valence-corrected chi connectivity index (χ0v) is 30.7. The number of benzene rings is 5. The first kappa shape index (κ1) is 37.4. The SMILES string of the molecule is CCCNC(=O)C(Cc1ccccc1)N(Cc1c(Cl)cccc1Cl)C(=O)CN(c1ccc(Oc2ccccc2)cc1)S(=O)(=O)c1ccc(C)cc1. The predicted octanol–water partition coefficient (Wildman–Crippen LogP) is 8.46. The van der Waals surface area contributed by atoms with Crippen LogP contribution >= 0.6 is 23.2 Å². The largest absolute Gasteiger partial charge is 0.457 e. The molecule has 2 amide bonds. The van der Waals surface area contributed by atoms with Crippen molar-refractivity contribution in [1.82, 2.24) is 10.2 Å². The minimum Gasteiger partial charge on any atom is -0.457 e. The summed E-state index contributed by atoms with van der Waals surface area (Å²) in [5, 5.41) is 3.55. The van der Waals surface area contributed by atoms with Crippen molar-refractivity contribution in [2.24, 2.45) is 0 Å². The van der Waals surface area contributed by atoms with Gasteiger partial charge in [0.05, 0.1) is 10.6 Å². The summed E-state index contributed by atoms with van der Waals surface area (Å²) in [5.74, 6) is 0.0881. The van der Waals surface area contributed by atoms with E-state index in [2.05, 4.69) is 5.32 Å². The molecule has 0 radical (unpaired) electrons. The topological polar surface area (TPSA) is 96.0 Å². The summed E-state index contributed by atoms with van der Waals surface area (Å²) in [6.45, 7) is 3.42. The molecule has 0 saturated heterocycles. The number of nitrogens with one attached hydrogen (secondary N) is 1. The summed E-state index contributed by atoms with van der Waals surface area (Å²) in [6.07, 6.45) is 0.848. The van der Waals surface area contributed by atoms with Gasteiger partial charge in [-0.3, -0.25) is 13.9 Å². The van der Waals surface area contributed by atoms with Crippen LogP contribution in [0.2, 0.25) is 10.0 Å². The van der Waals surface area contributed by atoms with Crippen LogP contribution < -0.4 is 14.4 Å². The van der Waals surface area contributed by atoms with Crippen LogP contribution in [0.1, 0.15) is 30.0 Å². The van der Waals surface area contributed by atoms with Crippen molar-refractivity contribution in [3.05, 3.63) is 154 Å².